The summed E-state index contributed by atoms with van der Waals surface area (Å²) in [5.41, 5.74) is 7.70. The zero-order valence-corrected chi connectivity index (χ0v) is 92.7. The molecule has 0 aromatic carbocycles. The molecule has 0 radical (unpaired) electrons. The minimum Gasteiger partial charge on any atom is -0.0693 e. The Kier molecular flexibility index (Phi) is 35.8. The van der Waals surface area contributed by atoms with Crippen LogP contribution in [0, 0.1) is 23.6 Å². The van der Waals surface area contributed by atoms with Crippen molar-refractivity contribution in [1.82, 2.24) is 0 Å². The van der Waals surface area contributed by atoms with Crippen molar-refractivity contribution in [2.24, 2.45) is 23.6 Å². The molecule has 0 amide bonds. The largest absolute Gasteiger partial charge is 0.0693 e. The van der Waals surface area contributed by atoms with Gasteiger partial charge in [0.15, 0.2) is 0 Å². The molecular formula is C97H216Ge2Si9. The molecule has 0 N–H and O–H groups in total. The predicted octanol–water partition coefficient (Wildman–Crippen LogP) is 38.9. The van der Waals surface area contributed by atoms with Gasteiger partial charge in [0.2, 0.25) is 0 Å². The van der Waals surface area contributed by atoms with Gasteiger partial charge in [-0.25, -0.2) is 0 Å². The van der Waals surface area contributed by atoms with Crippen molar-refractivity contribution in [3.8, 4) is 0 Å². The van der Waals surface area contributed by atoms with Gasteiger partial charge in [0.05, 0.1) is 40.4 Å². The maximum atomic E-state index is 7.84. The standard InChI is InChI=1S/C12H26Si.C11H24Si.C10H22Si.2C9H20Si.C8H18Ge.3C8H18Si.C7H16Ge.C7H16Si/c1-6-12-8-7-9-13(12,10(2)3)11(4)5;1-9(2)12(10(3)4)8-6-7-11(12)5;1-4-10-8-7-9-11(10,5-2)6-3;1-4-9-5-7-10(2,3)8-6-9;1-4-10(5-2)8-6-7-9(10)3;1-4-8-6-5-7-9(8,2)3;1-8-4-6-9(2,3)7-5-8;1-4-8-5-6-9(2,3)7-8;1-4-8-6-5-7-9(8,2)3;1-7-5-4-6-8(7,2)3;1-7-4-5-8(2,3)6-7/h10-12H,6-9H2,1-5H3;9-11H,6-8H2,1-5H3;10H,4-9H2,1-3H3;2*9H,4-8H2,1-3H3;4*8H,4-7H2,1-3H3;2*7H,4-6H2,1-3H3/t;11-;;;9-;;;;;2*7-/m.1..1....11/s1/i;;;;;;;2*2D3,3D3,4D2;;2D3,3D3,7D. The zero-order chi connectivity index (χ0) is 102. The summed E-state index contributed by atoms with van der Waals surface area (Å²) in [6.45, 7) is 48.7. The van der Waals surface area contributed by atoms with Crippen molar-refractivity contribution >= 4 is 99.2 Å². The molecular weight excluding hydrogens is 1560 g/mol. The van der Waals surface area contributed by atoms with Crippen LogP contribution in [0.5, 0.6) is 0 Å². The van der Waals surface area contributed by atoms with Gasteiger partial charge >= 0.3 is 116 Å². The fraction of sp³-hybridized carbons (Fsp3) is 1.00. The Morgan fingerprint density at radius 3 is 1.05 bits per heavy atom. The fourth-order valence-corrected chi connectivity index (χ4v) is 73.4. The van der Waals surface area contributed by atoms with Crippen LogP contribution in [0.4, 0.5) is 0 Å². The van der Waals surface area contributed by atoms with E-state index in [1.807, 2.05) is 0 Å². The second-order valence-corrected chi connectivity index (χ2v) is 109. The van der Waals surface area contributed by atoms with Crippen LogP contribution in [0.2, 0.25) is 261 Å². The van der Waals surface area contributed by atoms with Gasteiger partial charge < -0.3 is 0 Å². The molecule has 0 saturated carbocycles. The molecule has 0 aliphatic carbocycles. The van der Waals surface area contributed by atoms with Gasteiger partial charge in [0.1, 0.15) is 0 Å². The van der Waals surface area contributed by atoms with E-state index in [2.05, 4.69) is 188 Å². The molecule has 11 aliphatic heterocycles. The summed E-state index contributed by atoms with van der Waals surface area (Å²) >= 11 is -2.23. The molecule has 9 atom stereocenters. The quantitative estimate of drug-likeness (QED) is 0.152. The Hall–Kier alpha value is 3.04. The van der Waals surface area contributed by atoms with Crippen molar-refractivity contribution < 1.29 is 31.5 Å². The third kappa shape index (κ3) is 36.0. The second kappa shape index (κ2) is 51.7. The second-order valence-electron chi connectivity index (χ2n) is 43.4. The average molecular weight is 1800 g/mol. The maximum absolute atomic E-state index is 7.84. The van der Waals surface area contributed by atoms with Crippen molar-refractivity contribution in [3.63, 3.8) is 0 Å². The predicted molar refractivity (Wildman–Crippen MR) is 542 cm³/mol. The Morgan fingerprint density at radius 1 is 0.352 bits per heavy atom. The van der Waals surface area contributed by atoms with Gasteiger partial charge in [0.25, 0.3) is 0 Å². The van der Waals surface area contributed by atoms with Crippen LogP contribution in [0.3, 0.4) is 0 Å². The van der Waals surface area contributed by atoms with Gasteiger partial charge in [-0.1, -0.05) is 470 Å². The summed E-state index contributed by atoms with van der Waals surface area (Å²) in [5, 5.41) is 3.26. The van der Waals surface area contributed by atoms with Crippen LogP contribution in [0.1, 0.15) is 358 Å². The van der Waals surface area contributed by atoms with E-state index in [9.17, 15) is 0 Å². The molecule has 0 nitrogen and oxygen atoms in total. The van der Waals surface area contributed by atoms with E-state index >= 15 is 0 Å². The van der Waals surface area contributed by atoms with Crippen LogP contribution in [0.25, 0.3) is 0 Å². The molecule has 11 rings (SSSR count). The van der Waals surface area contributed by atoms with E-state index in [-0.39, 0.29) is 30.2 Å². The van der Waals surface area contributed by atoms with Gasteiger partial charge in [0, 0.05) is 63.8 Å². The first kappa shape index (κ1) is 74.8. The van der Waals surface area contributed by atoms with E-state index < -0.39 is 168 Å². The smallest absolute Gasteiger partial charge is 0.0504 e. The van der Waals surface area contributed by atoms with Crippen molar-refractivity contribution in [2.45, 2.75) is 587 Å². The van der Waals surface area contributed by atoms with Crippen LogP contribution in [-0.4, -0.2) is 99.2 Å². The number of hydrogen-bond acceptors (Lipinski definition) is 0. The molecule has 0 spiro atoms. The van der Waals surface area contributed by atoms with Crippen molar-refractivity contribution in [3.05, 3.63) is 0 Å². The molecule has 0 aromatic rings. The molecule has 11 fully saturated rings. The Balaban J connectivity index is 0.000000726. The normalized spacial score (nSPS) is 35.5. The van der Waals surface area contributed by atoms with Gasteiger partial charge in [-0.2, -0.15) is 0 Å². The number of hydrogen-bond donors (Lipinski definition) is 0. The fourth-order valence-electron chi connectivity index (χ4n) is 24.0. The van der Waals surface area contributed by atoms with Gasteiger partial charge in [-0.3, -0.25) is 0 Å². The summed E-state index contributed by atoms with van der Waals surface area (Å²) in [7, 11) is -15.0. The van der Waals surface area contributed by atoms with Crippen LogP contribution >= 0.6 is 0 Å². The minimum atomic E-state index is -3.68. The first-order valence-corrected chi connectivity index (χ1v) is 85.7. The van der Waals surface area contributed by atoms with Gasteiger partial charge in [-0.15, -0.1) is 0 Å². The number of rotatable bonds is 14. The molecule has 648 valence electrons. The molecule has 11 heteroatoms. The topological polar surface area (TPSA) is 0 Å². The third-order valence-corrected chi connectivity index (χ3v) is 95.4. The third-order valence-electron chi connectivity index (χ3n) is 33.6. The summed E-state index contributed by atoms with van der Waals surface area (Å²) in [6, 6.07) is 19.6. The first-order chi connectivity index (χ1) is 59.2. The average Bonchev–Trinajstić information content (AvgIpc) is 1.62. The van der Waals surface area contributed by atoms with E-state index in [0.29, 0.717) is 25.7 Å². The van der Waals surface area contributed by atoms with E-state index in [1.54, 1.807) is 110 Å². The van der Waals surface area contributed by atoms with Gasteiger partial charge in [-0.05, 0) is 51.4 Å². The Morgan fingerprint density at radius 2 is 0.769 bits per heavy atom. The summed E-state index contributed by atoms with van der Waals surface area (Å²) in [4.78, 5) is 0. The van der Waals surface area contributed by atoms with E-state index in [4.69, 9.17) is 31.5 Å². The molecule has 11 heterocycles. The SMILES string of the molecule is CC(C)[Si]1(C(C)C)CCC[C@H]1C.CC1CC[Si](C)(C)CC1.CCC1CCC[Si]1(C(C)C)C(C)C.CCC1CCC[Si]1(CC)CC.CCC1CC[Si](C)(C)CC1.CC[CH]1CC[CH2][Ge]1([CH3])[CH3].CC[Si]1(CC)CCC[C@H]1C.C[C@@H]1CC[CH2][Ge]1([CH3])[CH3].[2H]C([2H])(C)C1CCC[Si]1(C([2H])([2H])[2H])C([2H])([2H])[2H].[2H]C([2H])(C)C1CC[Si](C([2H])([2H])[2H])(C([2H])([2H])[2H])C1.[2H]C([2H])([2H])[Si]1(C([2H])([2H])[2H])CC[C@@]([2H])(C)C1. The van der Waals surface area contributed by atoms with E-state index in [0.717, 1.165) is 55.4 Å². The minimum absolute atomic E-state index is 0.0451. The zero-order valence-electron chi connectivity index (χ0n) is 102. The Labute approximate surface area is 736 Å². The molecule has 11 aliphatic rings. The van der Waals surface area contributed by atoms with Crippen LogP contribution < -0.4 is 0 Å². The van der Waals surface area contributed by atoms with E-state index in [1.165, 1.54) is 133 Å². The van der Waals surface area contributed by atoms with Crippen LogP contribution in [-0.2, 0) is 0 Å². The molecule has 0 aromatic heterocycles. The summed E-state index contributed by atoms with van der Waals surface area (Å²) < 4.78 is 177. The van der Waals surface area contributed by atoms with Crippen molar-refractivity contribution in [2.75, 3.05) is 0 Å². The van der Waals surface area contributed by atoms with Crippen LogP contribution in [0.15, 0.2) is 0 Å². The first-order valence-electron chi connectivity index (χ1n) is 59.2. The molecule has 5 unspecified atom stereocenters. The molecule has 108 heavy (non-hydrogen) atoms. The summed E-state index contributed by atoms with van der Waals surface area (Å²) in [6.07, 6.45) is 28.8. The van der Waals surface area contributed by atoms with Crippen molar-refractivity contribution in [1.29, 1.82) is 0 Å². The molecule has 11 saturated heterocycles. The Bertz CT molecular complexity index is 3090. The maximum Gasteiger partial charge on any atom is 0.0504 e. The molecule has 0 bridgehead atoms. The summed E-state index contributed by atoms with van der Waals surface area (Å²) in [5.74, 6) is 11.1. The monoisotopic (exact) mass is 1800 g/mol.